The van der Waals surface area contributed by atoms with Crippen molar-refractivity contribution in [2.45, 2.75) is 109 Å². The largest absolute Gasteiger partial charge is 0.401 e. The Morgan fingerprint density at radius 3 is 2.15 bits per heavy atom. The van der Waals surface area contributed by atoms with E-state index in [1.165, 1.54) is 19.0 Å². The van der Waals surface area contributed by atoms with Crippen molar-refractivity contribution in [3.63, 3.8) is 0 Å². The summed E-state index contributed by atoms with van der Waals surface area (Å²) in [6, 6.07) is 7.50. The number of nitrogens with zero attached hydrogens (tertiary/aromatic N) is 2. The first-order valence-corrected chi connectivity index (χ1v) is 16.6. The molecule has 46 heavy (non-hydrogen) atoms. The van der Waals surface area contributed by atoms with Gasteiger partial charge >= 0.3 is 6.18 Å². The quantitative estimate of drug-likeness (QED) is 0.190. The normalized spacial score (nSPS) is 17.7. The zero-order valence-corrected chi connectivity index (χ0v) is 28.1. The number of hydrogen-bond donors (Lipinski definition) is 4. The van der Waals surface area contributed by atoms with E-state index in [1.807, 2.05) is 30.3 Å². The lowest BCUT2D eigenvalue weighted by molar-refractivity contribution is -0.144. The lowest BCUT2D eigenvalue weighted by Gasteiger charge is -2.34. The Morgan fingerprint density at radius 1 is 0.957 bits per heavy atom. The lowest BCUT2D eigenvalue weighted by atomic mass is 9.82. The van der Waals surface area contributed by atoms with Crippen molar-refractivity contribution in [1.82, 2.24) is 20.4 Å². The number of alkyl halides is 3. The highest BCUT2D eigenvalue weighted by atomic mass is 19.4. The third-order valence-electron chi connectivity index (χ3n) is 8.92. The fraction of sp³-hybridized carbons (Fsp3) is 0.735. The maximum absolute atomic E-state index is 13.8. The van der Waals surface area contributed by atoms with Gasteiger partial charge in [-0.2, -0.15) is 13.2 Å². The van der Waals surface area contributed by atoms with Crippen LogP contribution in [0.1, 0.15) is 77.7 Å². The Hall–Kier alpha value is -2.70. The van der Waals surface area contributed by atoms with Crippen molar-refractivity contribution in [2.24, 2.45) is 17.8 Å². The molecule has 12 heteroatoms. The molecule has 0 radical (unpaired) electrons. The second kappa shape index (κ2) is 19.2. The maximum Gasteiger partial charge on any atom is 0.401 e. The number of aliphatic hydroxyl groups excluding tert-OH is 2. The Balaban J connectivity index is 2.18. The molecule has 2 rings (SSSR count). The lowest BCUT2D eigenvalue weighted by Crippen LogP contribution is -2.57. The molecule has 3 amide bonds. The average molecular weight is 657 g/mol. The van der Waals surface area contributed by atoms with E-state index in [1.54, 1.807) is 20.8 Å². The SMILES string of the molecule is CC[C@H](O)[C@H](O)[C@H](CC1CCCCC1)NC(=O)[C@@H](NC(=O)[C@@H](CC(=O)N(C)CCN(C)CC(F)(F)F)Cc1ccccc1)C(C)C. The van der Waals surface area contributed by atoms with Crippen LogP contribution in [-0.4, -0.2) is 102 Å². The van der Waals surface area contributed by atoms with E-state index in [-0.39, 0.29) is 31.8 Å². The summed E-state index contributed by atoms with van der Waals surface area (Å²) < 4.78 is 38.2. The smallest absolute Gasteiger partial charge is 0.390 e. The first-order chi connectivity index (χ1) is 21.6. The number of amides is 3. The summed E-state index contributed by atoms with van der Waals surface area (Å²) >= 11 is 0. The number of carbonyl (C=O) groups excluding carboxylic acids is 3. The zero-order valence-electron chi connectivity index (χ0n) is 28.1. The van der Waals surface area contributed by atoms with Gasteiger partial charge in [-0.15, -0.1) is 0 Å². The Bertz CT molecular complexity index is 1070. The number of nitrogens with one attached hydrogen (secondary N) is 2. The van der Waals surface area contributed by atoms with Crippen LogP contribution in [0, 0.1) is 17.8 Å². The third-order valence-corrected chi connectivity index (χ3v) is 8.92. The van der Waals surface area contributed by atoms with Gasteiger partial charge in [-0.05, 0) is 43.7 Å². The summed E-state index contributed by atoms with van der Waals surface area (Å²) in [6.07, 6.45) is -0.318. The fourth-order valence-electron chi connectivity index (χ4n) is 6.01. The first kappa shape index (κ1) is 39.5. The molecule has 1 aromatic rings. The molecule has 0 aromatic heterocycles. The minimum atomic E-state index is -4.35. The molecule has 1 fully saturated rings. The van der Waals surface area contributed by atoms with Gasteiger partial charge in [-0.1, -0.05) is 83.2 Å². The number of likely N-dealkylation sites (N-methyl/N-ethyl adjacent to an activating group) is 2. The molecule has 0 saturated heterocycles. The van der Waals surface area contributed by atoms with E-state index in [4.69, 9.17) is 0 Å². The van der Waals surface area contributed by atoms with Gasteiger partial charge in [0.05, 0.1) is 30.7 Å². The molecule has 0 heterocycles. The van der Waals surface area contributed by atoms with Crippen LogP contribution >= 0.6 is 0 Å². The highest BCUT2D eigenvalue weighted by molar-refractivity contribution is 5.91. The number of hydrogen-bond acceptors (Lipinski definition) is 6. The van der Waals surface area contributed by atoms with Crippen LogP contribution < -0.4 is 10.6 Å². The summed E-state index contributed by atoms with van der Waals surface area (Å²) in [5, 5.41) is 27.2. The van der Waals surface area contributed by atoms with Crippen LogP contribution in [0.3, 0.4) is 0 Å². The molecule has 0 unspecified atom stereocenters. The summed E-state index contributed by atoms with van der Waals surface area (Å²) in [5.74, 6) is -2.22. The molecular formula is C34H55F3N4O5. The van der Waals surface area contributed by atoms with Crippen molar-refractivity contribution in [3.8, 4) is 0 Å². The first-order valence-electron chi connectivity index (χ1n) is 16.6. The van der Waals surface area contributed by atoms with E-state index in [2.05, 4.69) is 10.6 Å². The highest BCUT2D eigenvalue weighted by Crippen LogP contribution is 2.29. The summed E-state index contributed by atoms with van der Waals surface area (Å²) in [5.41, 5.74) is 0.817. The fourth-order valence-corrected chi connectivity index (χ4v) is 6.01. The molecule has 5 atom stereocenters. The van der Waals surface area contributed by atoms with Crippen LogP contribution in [0.4, 0.5) is 13.2 Å². The number of aliphatic hydroxyl groups is 2. The topological polar surface area (TPSA) is 122 Å². The summed E-state index contributed by atoms with van der Waals surface area (Å²) in [6.45, 7) is 4.31. The Morgan fingerprint density at radius 2 is 1.59 bits per heavy atom. The minimum absolute atomic E-state index is 0.00744. The van der Waals surface area contributed by atoms with E-state index in [0.717, 1.165) is 42.6 Å². The van der Waals surface area contributed by atoms with Gasteiger partial charge in [0.25, 0.3) is 0 Å². The van der Waals surface area contributed by atoms with Gasteiger partial charge in [0.15, 0.2) is 0 Å². The van der Waals surface area contributed by atoms with E-state index < -0.39 is 60.7 Å². The second-order valence-corrected chi connectivity index (χ2v) is 13.3. The third kappa shape index (κ3) is 14.0. The molecule has 4 N–H and O–H groups in total. The molecule has 0 spiro atoms. The molecule has 1 saturated carbocycles. The van der Waals surface area contributed by atoms with Crippen LogP contribution in [0.5, 0.6) is 0 Å². The van der Waals surface area contributed by atoms with Gasteiger partial charge in [0.1, 0.15) is 6.04 Å². The van der Waals surface area contributed by atoms with Crippen molar-refractivity contribution in [2.75, 3.05) is 33.7 Å². The molecular weight excluding hydrogens is 601 g/mol. The van der Waals surface area contributed by atoms with E-state index in [9.17, 15) is 37.8 Å². The Kier molecular flexibility index (Phi) is 16.5. The van der Waals surface area contributed by atoms with Gasteiger partial charge < -0.3 is 25.7 Å². The van der Waals surface area contributed by atoms with E-state index in [0.29, 0.717) is 18.8 Å². The zero-order chi connectivity index (χ0) is 34.4. The minimum Gasteiger partial charge on any atom is -0.390 e. The van der Waals surface area contributed by atoms with Crippen molar-refractivity contribution in [3.05, 3.63) is 35.9 Å². The molecule has 1 aliphatic rings. The number of carbonyl (C=O) groups is 3. The van der Waals surface area contributed by atoms with E-state index >= 15 is 0 Å². The predicted octanol–water partition coefficient (Wildman–Crippen LogP) is 3.92. The van der Waals surface area contributed by atoms with Gasteiger partial charge in [-0.25, -0.2) is 0 Å². The maximum atomic E-state index is 13.8. The predicted molar refractivity (Wildman–Crippen MR) is 172 cm³/mol. The second-order valence-electron chi connectivity index (χ2n) is 13.3. The highest BCUT2D eigenvalue weighted by Gasteiger charge is 2.35. The molecule has 9 nitrogen and oxygen atoms in total. The van der Waals surface area contributed by atoms with Crippen LogP contribution in [0.2, 0.25) is 0 Å². The van der Waals surface area contributed by atoms with Gasteiger partial charge in [-0.3, -0.25) is 19.3 Å². The van der Waals surface area contributed by atoms with Crippen LogP contribution in [0.25, 0.3) is 0 Å². The van der Waals surface area contributed by atoms with Crippen molar-refractivity contribution in [1.29, 1.82) is 0 Å². The number of benzene rings is 1. The van der Waals surface area contributed by atoms with Crippen LogP contribution in [0.15, 0.2) is 30.3 Å². The average Bonchev–Trinajstić information content (AvgIpc) is 3.00. The Labute approximate surface area is 272 Å². The summed E-state index contributed by atoms with van der Waals surface area (Å²) in [4.78, 5) is 43.0. The monoisotopic (exact) mass is 656 g/mol. The van der Waals surface area contributed by atoms with Crippen molar-refractivity contribution >= 4 is 17.7 Å². The molecule has 0 bridgehead atoms. The number of rotatable bonds is 18. The number of halogens is 3. The molecule has 1 aromatic carbocycles. The van der Waals surface area contributed by atoms with Gasteiger partial charge in [0, 0.05) is 26.6 Å². The molecule has 262 valence electrons. The molecule has 1 aliphatic carbocycles. The summed E-state index contributed by atoms with van der Waals surface area (Å²) in [7, 11) is 2.82. The molecule has 0 aliphatic heterocycles. The van der Waals surface area contributed by atoms with Gasteiger partial charge in [0.2, 0.25) is 17.7 Å². The standard InChI is InChI=1S/C34H55F3N4O5/c1-6-28(42)31(44)27(20-25-15-11-8-12-16-25)38-33(46)30(23(2)3)39-32(45)26(19-24-13-9-7-10-14-24)21-29(43)41(5)18-17-40(4)22-34(35,36)37/h7,9-10,13-14,23,25-28,30-31,42,44H,6,8,11-12,15-22H2,1-5H3,(H,38,46)(H,39,45)/t26-,27+,28+,30+,31-/m1/s1. The van der Waals surface area contributed by atoms with Crippen LogP contribution in [-0.2, 0) is 20.8 Å². The van der Waals surface area contributed by atoms with Crippen molar-refractivity contribution < 1.29 is 37.8 Å².